The third-order valence-electron chi connectivity index (χ3n) is 4.82. The zero-order chi connectivity index (χ0) is 22.8. The van der Waals surface area contributed by atoms with Gasteiger partial charge in [-0.3, -0.25) is 19.7 Å². The summed E-state index contributed by atoms with van der Waals surface area (Å²) in [7, 11) is 1.38. The van der Waals surface area contributed by atoms with Crippen molar-refractivity contribution in [1.82, 2.24) is 5.32 Å². The number of hydrogen-bond acceptors (Lipinski definition) is 5. The number of halogens is 1. The number of methoxy groups -OCH3 is 1. The van der Waals surface area contributed by atoms with Gasteiger partial charge >= 0.3 is 6.03 Å². The maximum Gasteiger partial charge on any atom is 0.326 e. The van der Waals surface area contributed by atoms with Crippen molar-refractivity contribution in [3.8, 4) is 5.75 Å². The molecule has 1 aliphatic rings. The van der Waals surface area contributed by atoms with Crippen molar-refractivity contribution in [3.05, 3.63) is 88.4 Å². The van der Waals surface area contributed by atoms with Crippen molar-refractivity contribution in [2.45, 2.75) is 0 Å². The Hall–Kier alpha value is -4.17. The first-order valence-corrected chi connectivity index (χ1v) is 9.81. The summed E-state index contributed by atoms with van der Waals surface area (Å²) in [6.07, 6.45) is 0. The number of benzene rings is 3. The van der Waals surface area contributed by atoms with Gasteiger partial charge in [-0.1, -0.05) is 35.9 Å². The molecule has 8 nitrogen and oxygen atoms in total. The molecule has 0 saturated carbocycles. The second-order valence-corrected chi connectivity index (χ2v) is 7.17. The average molecular weight is 450 g/mol. The smallest absolute Gasteiger partial charge is 0.326 e. The van der Waals surface area contributed by atoms with E-state index in [4.69, 9.17) is 16.3 Å². The lowest BCUT2D eigenvalue weighted by Crippen LogP contribution is -2.34. The van der Waals surface area contributed by atoms with E-state index < -0.39 is 23.8 Å². The van der Waals surface area contributed by atoms with Crippen LogP contribution >= 0.6 is 11.6 Å². The maximum absolute atomic E-state index is 12.7. The molecule has 160 valence electrons. The number of amides is 5. The van der Waals surface area contributed by atoms with Gasteiger partial charge in [0, 0.05) is 11.8 Å². The molecular formula is C23H16ClN3O5. The van der Waals surface area contributed by atoms with Gasteiger partial charge in [0.2, 0.25) is 0 Å². The van der Waals surface area contributed by atoms with Gasteiger partial charge in [-0.25, -0.2) is 9.69 Å². The first-order valence-electron chi connectivity index (χ1n) is 9.43. The molecule has 0 fully saturated rings. The monoisotopic (exact) mass is 449 g/mol. The second kappa shape index (κ2) is 8.52. The Labute approximate surface area is 187 Å². The van der Waals surface area contributed by atoms with E-state index in [2.05, 4.69) is 10.6 Å². The Morgan fingerprint density at radius 1 is 0.906 bits per heavy atom. The van der Waals surface area contributed by atoms with E-state index in [1.807, 2.05) is 0 Å². The molecule has 2 N–H and O–H groups in total. The first-order chi connectivity index (χ1) is 15.4. The average Bonchev–Trinajstić information content (AvgIpc) is 3.04. The number of imide groups is 2. The Morgan fingerprint density at radius 2 is 1.53 bits per heavy atom. The maximum atomic E-state index is 12.7. The number of hydrogen-bond donors (Lipinski definition) is 2. The Bertz CT molecular complexity index is 1240. The van der Waals surface area contributed by atoms with Gasteiger partial charge in [0.25, 0.3) is 17.7 Å². The lowest BCUT2D eigenvalue weighted by Gasteiger charge is -2.18. The van der Waals surface area contributed by atoms with E-state index in [1.165, 1.54) is 37.4 Å². The summed E-state index contributed by atoms with van der Waals surface area (Å²) in [6.45, 7) is 0. The standard InChI is InChI=1S/C23H16ClN3O5/c1-32-19-12-13(25-23(31)26-20(28)16-8-4-5-9-17(16)24)10-11-18(19)27-21(29)14-6-2-3-7-15(14)22(27)30/h2-12H,1H3,(H2,25,26,28,31). The highest BCUT2D eigenvalue weighted by Crippen LogP contribution is 2.36. The third kappa shape index (κ3) is 3.79. The van der Waals surface area contributed by atoms with Gasteiger partial charge in [-0.2, -0.15) is 0 Å². The van der Waals surface area contributed by atoms with E-state index in [0.29, 0.717) is 11.1 Å². The molecule has 1 aliphatic heterocycles. The molecule has 0 bridgehead atoms. The molecule has 0 saturated heterocycles. The van der Waals surface area contributed by atoms with Crippen LogP contribution in [0.4, 0.5) is 16.2 Å². The van der Waals surface area contributed by atoms with Crippen LogP contribution in [0.25, 0.3) is 0 Å². The summed E-state index contributed by atoms with van der Waals surface area (Å²) >= 11 is 5.97. The second-order valence-electron chi connectivity index (χ2n) is 6.77. The predicted molar refractivity (Wildman–Crippen MR) is 119 cm³/mol. The molecule has 0 aliphatic carbocycles. The Morgan fingerprint density at radius 3 is 2.16 bits per heavy atom. The predicted octanol–water partition coefficient (Wildman–Crippen LogP) is 4.11. The number of ether oxygens (including phenoxy) is 1. The highest BCUT2D eigenvalue weighted by molar-refractivity contribution is 6.35. The van der Waals surface area contributed by atoms with Crippen LogP contribution in [0.5, 0.6) is 5.75 Å². The molecular weight excluding hydrogens is 434 g/mol. The Kier molecular flexibility index (Phi) is 5.61. The van der Waals surface area contributed by atoms with E-state index in [9.17, 15) is 19.2 Å². The lowest BCUT2D eigenvalue weighted by atomic mass is 10.1. The minimum atomic E-state index is -0.787. The van der Waals surface area contributed by atoms with Crippen LogP contribution in [0.15, 0.2) is 66.7 Å². The van der Waals surface area contributed by atoms with Crippen LogP contribution < -0.4 is 20.3 Å². The highest BCUT2D eigenvalue weighted by Gasteiger charge is 2.37. The van der Waals surface area contributed by atoms with E-state index in [1.54, 1.807) is 36.4 Å². The summed E-state index contributed by atoms with van der Waals surface area (Å²) in [5.41, 5.74) is 1.28. The number of carbonyl (C=O) groups excluding carboxylic acids is 4. The molecule has 9 heteroatoms. The molecule has 3 aromatic carbocycles. The van der Waals surface area contributed by atoms with Crippen LogP contribution in [-0.4, -0.2) is 30.9 Å². The molecule has 0 spiro atoms. The van der Waals surface area contributed by atoms with Crippen molar-refractivity contribution < 1.29 is 23.9 Å². The number of nitrogens with one attached hydrogen (secondary N) is 2. The molecule has 32 heavy (non-hydrogen) atoms. The summed E-state index contributed by atoms with van der Waals surface area (Å²) in [5, 5.41) is 4.91. The van der Waals surface area contributed by atoms with E-state index in [-0.39, 0.29) is 27.7 Å². The number of nitrogens with zero attached hydrogens (tertiary/aromatic N) is 1. The zero-order valence-electron chi connectivity index (χ0n) is 16.7. The quantitative estimate of drug-likeness (QED) is 0.583. The largest absolute Gasteiger partial charge is 0.494 e. The van der Waals surface area contributed by atoms with Crippen molar-refractivity contribution >= 4 is 46.7 Å². The number of urea groups is 1. The molecule has 3 aromatic rings. The third-order valence-corrected chi connectivity index (χ3v) is 5.15. The zero-order valence-corrected chi connectivity index (χ0v) is 17.5. The lowest BCUT2D eigenvalue weighted by molar-refractivity contribution is 0.0921. The van der Waals surface area contributed by atoms with Gasteiger partial charge in [0.15, 0.2) is 0 Å². The molecule has 0 unspecified atom stereocenters. The SMILES string of the molecule is COc1cc(NC(=O)NC(=O)c2ccccc2Cl)ccc1N1C(=O)c2ccccc2C1=O. The minimum Gasteiger partial charge on any atom is -0.494 e. The molecule has 0 atom stereocenters. The molecule has 0 radical (unpaired) electrons. The van der Waals surface area contributed by atoms with Gasteiger partial charge in [0.1, 0.15) is 5.75 Å². The van der Waals surface area contributed by atoms with Crippen LogP contribution in [0, 0.1) is 0 Å². The topological polar surface area (TPSA) is 105 Å². The van der Waals surface area contributed by atoms with Crippen LogP contribution in [0.2, 0.25) is 5.02 Å². The summed E-state index contributed by atoms with van der Waals surface area (Å²) < 4.78 is 5.34. The highest BCUT2D eigenvalue weighted by atomic mass is 35.5. The summed E-state index contributed by atoms with van der Waals surface area (Å²) in [5.74, 6) is -1.40. The molecule has 4 rings (SSSR count). The van der Waals surface area contributed by atoms with E-state index in [0.717, 1.165) is 4.90 Å². The van der Waals surface area contributed by atoms with Crippen LogP contribution in [-0.2, 0) is 0 Å². The van der Waals surface area contributed by atoms with Gasteiger partial charge in [0.05, 0.1) is 34.5 Å². The Balaban J connectivity index is 1.53. The molecule has 0 aromatic heterocycles. The van der Waals surface area contributed by atoms with Gasteiger partial charge in [-0.05, 0) is 36.4 Å². The van der Waals surface area contributed by atoms with E-state index >= 15 is 0 Å². The van der Waals surface area contributed by atoms with Gasteiger partial charge in [-0.15, -0.1) is 0 Å². The van der Waals surface area contributed by atoms with Crippen LogP contribution in [0.3, 0.4) is 0 Å². The summed E-state index contributed by atoms with van der Waals surface area (Å²) in [6, 6.07) is 16.5. The van der Waals surface area contributed by atoms with Crippen LogP contribution in [0.1, 0.15) is 31.1 Å². The number of carbonyl (C=O) groups is 4. The summed E-state index contributed by atoms with van der Waals surface area (Å²) in [4.78, 5) is 51.0. The number of rotatable bonds is 4. The normalized spacial score (nSPS) is 12.4. The fraction of sp³-hybridized carbons (Fsp3) is 0.0435. The fourth-order valence-electron chi connectivity index (χ4n) is 3.33. The fourth-order valence-corrected chi connectivity index (χ4v) is 3.55. The van der Waals surface area contributed by atoms with Crippen molar-refractivity contribution in [1.29, 1.82) is 0 Å². The first kappa shape index (κ1) is 21.1. The van der Waals surface area contributed by atoms with Gasteiger partial charge < -0.3 is 10.1 Å². The molecule has 1 heterocycles. The van der Waals surface area contributed by atoms with Crippen molar-refractivity contribution in [3.63, 3.8) is 0 Å². The minimum absolute atomic E-state index is 0.155. The number of fused-ring (bicyclic) bond motifs is 1. The van der Waals surface area contributed by atoms with Crippen molar-refractivity contribution in [2.24, 2.45) is 0 Å². The van der Waals surface area contributed by atoms with Crippen molar-refractivity contribution in [2.75, 3.05) is 17.3 Å². The molecule has 5 amide bonds. The number of anilines is 2.